The van der Waals surface area contributed by atoms with E-state index in [2.05, 4.69) is 18.9 Å². The molecule has 0 radical (unpaired) electrons. The number of ether oxygens (including phenoxy) is 4. The number of esters is 4. The predicted octanol–water partition coefficient (Wildman–Crippen LogP) is -4.06. The molecule has 0 rings (SSSR count). The average Bonchev–Trinajstić information content (AvgIpc) is 2.40. The van der Waals surface area contributed by atoms with E-state index < -0.39 is 56.5 Å². The molecule has 0 saturated heterocycles. The SMILES string of the molecule is O=C(OCO)C(C(=O)OCO)(C(=O)OCO)C(=O)OCO. The van der Waals surface area contributed by atoms with Crippen molar-refractivity contribution < 1.29 is 58.6 Å². The Balaban J connectivity index is 5.93. The molecular weight excluding hydrogens is 300 g/mol. The van der Waals surface area contributed by atoms with Gasteiger partial charge >= 0.3 is 29.3 Å². The Labute approximate surface area is 116 Å². The van der Waals surface area contributed by atoms with Gasteiger partial charge in [-0.3, -0.25) is 0 Å². The molecule has 0 atom stereocenters. The molecule has 0 aromatic heterocycles. The van der Waals surface area contributed by atoms with Gasteiger partial charge in [-0.15, -0.1) is 0 Å². The van der Waals surface area contributed by atoms with E-state index in [1.807, 2.05) is 0 Å². The van der Waals surface area contributed by atoms with Crippen LogP contribution in [0.3, 0.4) is 0 Å². The summed E-state index contributed by atoms with van der Waals surface area (Å²) in [5.74, 6) is -7.83. The summed E-state index contributed by atoms with van der Waals surface area (Å²) in [4.78, 5) is 46.7. The van der Waals surface area contributed by atoms with Crippen molar-refractivity contribution in [1.82, 2.24) is 0 Å². The van der Waals surface area contributed by atoms with Gasteiger partial charge in [0.1, 0.15) is 0 Å². The zero-order chi connectivity index (χ0) is 16.5. The van der Waals surface area contributed by atoms with Crippen molar-refractivity contribution in [3.63, 3.8) is 0 Å². The minimum Gasteiger partial charge on any atom is -0.437 e. The quantitative estimate of drug-likeness (QED) is 0.147. The lowest BCUT2D eigenvalue weighted by Gasteiger charge is -2.23. The minimum absolute atomic E-state index is 1.33. The standard InChI is InChI=1S/C9H12O12/c10-1-18-5(14)9(6(15)19-2-11,7(16)20-3-12)8(17)21-4-13/h10-13H,1-4H2. The van der Waals surface area contributed by atoms with Crippen molar-refractivity contribution in [1.29, 1.82) is 0 Å². The topological polar surface area (TPSA) is 186 Å². The van der Waals surface area contributed by atoms with Crippen LogP contribution in [-0.4, -0.2) is 71.5 Å². The molecule has 21 heavy (non-hydrogen) atoms. The summed E-state index contributed by atoms with van der Waals surface area (Å²) in [5, 5.41) is 33.9. The maximum Gasteiger partial charge on any atom is 0.356 e. The fraction of sp³-hybridized carbons (Fsp3) is 0.556. The molecule has 0 bridgehead atoms. The second kappa shape index (κ2) is 8.80. The minimum atomic E-state index is -3.54. The summed E-state index contributed by atoms with van der Waals surface area (Å²) >= 11 is 0. The zero-order valence-corrected chi connectivity index (χ0v) is 10.4. The number of carbonyl (C=O) groups excluding carboxylic acids is 4. The van der Waals surface area contributed by atoms with Crippen LogP contribution in [0.5, 0.6) is 0 Å². The molecule has 0 heterocycles. The number of hydrogen-bond acceptors (Lipinski definition) is 12. The molecule has 0 aliphatic rings. The summed E-state index contributed by atoms with van der Waals surface area (Å²) < 4.78 is 15.9. The summed E-state index contributed by atoms with van der Waals surface area (Å²) in [6.07, 6.45) is 0. The maximum atomic E-state index is 11.7. The predicted molar refractivity (Wildman–Crippen MR) is 55.1 cm³/mol. The Bertz CT molecular complexity index is 324. The van der Waals surface area contributed by atoms with Crippen LogP contribution in [0.25, 0.3) is 0 Å². The molecule has 0 saturated carbocycles. The summed E-state index contributed by atoms with van der Waals surface area (Å²) in [6, 6.07) is 0. The van der Waals surface area contributed by atoms with Crippen molar-refractivity contribution in [2.45, 2.75) is 0 Å². The van der Waals surface area contributed by atoms with Gasteiger partial charge in [-0.1, -0.05) is 0 Å². The van der Waals surface area contributed by atoms with Crippen LogP contribution in [-0.2, 0) is 38.1 Å². The molecule has 12 nitrogen and oxygen atoms in total. The number of rotatable bonds is 8. The van der Waals surface area contributed by atoms with Gasteiger partial charge in [0.25, 0.3) is 0 Å². The molecule has 0 aliphatic heterocycles. The second-order valence-corrected chi connectivity index (χ2v) is 2.99. The summed E-state index contributed by atoms with van der Waals surface area (Å²) in [6.45, 7) is -5.31. The Hall–Kier alpha value is -2.28. The summed E-state index contributed by atoms with van der Waals surface area (Å²) in [7, 11) is 0. The number of aliphatic hydroxyl groups is 4. The van der Waals surface area contributed by atoms with E-state index >= 15 is 0 Å². The second-order valence-electron chi connectivity index (χ2n) is 2.99. The highest BCUT2D eigenvalue weighted by molar-refractivity contribution is 6.32. The van der Waals surface area contributed by atoms with Gasteiger partial charge in [-0.05, 0) is 0 Å². The van der Waals surface area contributed by atoms with Gasteiger partial charge in [0, 0.05) is 0 Å². The molecule has 120 valence electrons. The van der Waals surface area contributed by atoms with E-state index in [0.29, 0.717) is 0 Å². The lowest BCUT2D eigenvalue weighted by molar-refractivity contribution is -0.202. The monoisotopic (exact) mass is 312 g/mol. The molecule has 4 N–H and O–H groups in total. The van der Waals surface area contributed by atoms with Gasteiger partial charge in [0.05, 0.1) is 0 Å². The van der Waals surface area contributed by atoms with Crippen LogP contribution in [0.2, 0.25) is 0 Å². The zero-order valence-electron chi connectivity index (χ0n) is 10.4. The molecule has 0 amide bonds. The van der Waals surface area contributed by atoms with Gasteiger partial charge in [-0.2, -0.15) is 0 Å². The fourth-order valence-electron chi connectivity index (χ4n) is 1.17. The van der Waals surface area contributed by atoms with E-state index in [1.54, 1.807) is 0 Å². The van der Waals surface area contributed by atoms with Crippen LogP contribution in [0.15, 0.2) is 0 Å². The normalized spacial score (nSPS) is 10.5. The first-order chi connectivity index (χ1) is 9.93. The lowest BCUT2D eigenvalue weighted by Crippen LogP contribution is -2.56. The van der Waals surface area contributed by atoms with E-state index in [1.165, 1.54) is 0 Å². The fourth-order valence-corrected chi connectivity index (χ4v) is 1.17. The van der Waals surface area contributed by atoms with Crippen LogP contribution in [0.4, 0.5) is 0 Å². The number of aliphatic hydroxyl groups excluding tert-OH is 4. The highest BCUT2D eigenvalue weighted by Gasteiger charge is 2.66. The molecular formula is C9H12O12. The molecule has 0 fully saturated rings. The van der Waals surface area contributed by atoms with Crippen molar-refractivity contribution >= 4 is 23.9 Å². The Morgan fingerprint density at radius 1 is 0.571 bits per heavy atom. The van der Waals surface area contributed by atoms with Crippen LogP contribution < -0.4 is 0 Å². The molecule has 12 heteroatoms. The van der Waals surface area contributed by atoms with E-state index in [-0.39, 0.29) is 0 Å². The number of hydrogen-bond donors (Lipinski definition) is 4. The van der Waals surface area contributed by atoms with Crippen molar-refractivity contribution in [3.8, 4) is 0 Å². The number of carbonyl (C=O) groups is 4. The third-order valence-electron chi connectivity index (χ3n) is 2.01. The van der Waals surface area contributed by atoms with Crippen LogP contribution in [0, 0.1) is 5.41 Å². The van der Waals surface area contributed by atoms with Crippen LogP contribution in [0.1, 0.15) is 0 Å². The van der Waals surface area contributed by atoms with Gasteiger partial charge < -0.3 is 39.4 Å². The van der Waals surface area contributed by atoms with Gasteiger partial charge in [-0.25, -0.2) is 19.2 Å². The lowest BCUT2D eigenvalue weighted by atomic mass is 9.88. The van der Waals surface area contributed by atoms with Gasteiger partial charge in [0.2, 0.25) is 0 Å². The molecule has 0 aromatic rings. The third kappa shape index (κ3) is 3.85. The molecule has 0 aromatic carbocycles. The highest BCUT2D eigenvalue weighted by Crippen LogP contribution is 2.26. The van der Waals surface area contributed by atoms with Crippen molar-refractivity contribution in [2.24, 2.45) is 5.41 Å². The average molecular weight is 312 g/mol. The first-order valence-corrected chi connectivity index (χ1v) is 5.05. The Morgan fingerprint density at radius 3 is 0.905 bits per heavy atom. The van der Waals surface area contributed by atoms with E-state index in [9.17, 15) is 19.2 Å². The first-order valence-electron chi connectivity index (χ1n) is 5.05. The van der Waals surface area contributed by atoms with E-state index in [0.717, 1.165) is 0 Å². The van der Waals surface area contributed by atoms with E-state index in [4.69, 9.17) is 20.4 Å². The maximum absolute atomic E-state index is 11.7. The Morgan fingerprint density at radius 2 is 0.762 bits per heavy atom. The molecule has 0 unspecified atom stereocenters. The van der Waals surface area contributed by atoms with Gasteiger partial charge in [0.15, 0.2) is 27.2 Å². The van der Waals surface area contributed by atoms with Crippen molar-refractivity contribution in [3.05, 3.63) is 0 Å². The third-order valence-corrected chi connectivity index (χ3v) is 2.01. The van der Waals surface area contributed by atoms with Crippen molar-refractivity contribution in [2.75, 3.05) is 27.2 Å². The smallest absolute Gasteiger partial charge is 0.356 e. The first kappa shape index (κ1) is 18.7. The molecule has 0 aliphatic carbocycles. The molecule has 0 spiro atoms. The summed E-state index contributed by atoms with van der Waals surface area (Å²) in [5.41, 5.74) is -3.54. The highest BCUT2D eigenvalue weighted by atomic mass is 16.7. The Kier molecular flexibility index (Phi) is 7.85. The van der Waals surface area contributed by atoms with Crippen LogP contribution >= 0.6 is 0 Å². The largest absolute Gasteiger partial charge is 0.437 e.